The lowest BCUT2D eigenvalue weighted by atomic mass is 10.5. The molecule has 1 aliphatic rings. The number of hydrogen-bond acceptors (Lipinski definition) is 5. The molecule has 1 aromatic rings. The molecular weight excluding hydrogens is 298 g/mol. The molecule has 1 aromatic heterocycles. The first-order valence-corrected chi connectivity index (χ1v) is 8.84. The minimum Gasteiger partial charge on any atom is -0.477 e. The molecule has 0 unspecified atom stereocenters. The molecule has 6 nitrogen and oxygen atoms in total. The molecule has 0 aliphatic carbocycles. The van der Waals surface area contributed by atoms with Crippen LogP contribution in [0.4, 0.5) is 0 Å². The van der Waals surface area contributed by atoms with Crippen molar-refractivity contribution in [3.63, 3.8) is 0 Å². The third-order valence-corrected chi connectivity index (χ3v) is 7.24. The van der Waals surface area contributed by atoms with Gasteiger partial charge in [0.15, 0.2) is 0 Å². The van der Waals surface area contributed by atoms with Gasteiger partial charge in [-0.15, -0.1) is 11.3 Å². The molecule has 1 saturated heterocycles. The highest BCUT2D eigenvalue weighted by Gasteiger charge is 2.29. The normalized spacial score (nSPS) is 18.9. The minimum absolute atomic E-state index is 0.00541. The Balaban J connectivity index is 2.24. The molecule has 2 heterocycles. The van der Waals surface area contributed by atoms with Crippen molar-refractivity contribution < 1.29 is 22.5 Å². The minimum atomic E-state index is -3.64. The van der Waals surface area contributed by atoms with Crippen LogP contribution >= 0.6 is 11.3 Å². The molecule has 0 spiro atoms. The largest absolute Gasteiger partial charge is 0.477 e. The van der Waals surface area contributed by atoms with Crippen LogP contribution in [0.25, 0.3) is 0 Å². The molecule has 0 aromatic carbocycles. The Kier molecular flexibility index (Phi) is 3.85. The fourth-order valence-corrected chi connectivity index (χ4v) is 5.59. The second-order valence-corrected chi connectivity index (χ2v) is 8.62. The molecule has 18 heavy (non-hydrogen) atoms. The summed E-state index contributed by atoms with van der Waals surface area (Å²) in [4.78, 5) is 10.7. The van der Waals surface area contributed by atoms with Crippen molar-refractivity contribution in [1.82, 2.24) is 4.31 Å². The van der Waals surface area contributed by atoms with Crippen LogP contribution in [0.15, 0.2) is 16.3 Å². The average molecular weight is 309 g/mol. The van der Waals surface area contributed by atoms with E-state index in [4.69, 9.17) is 5.11 Å². The summed E-state index contributed by atoms with van der Waals surface area (Å²) in [5.74, 6) is -0.478. The third-order valence-electron chi connectivity index (χ3n) is 2.52. The molecule has 1 N–H and O–H groups in total. The number of aromatic carboxylic acids is 1. The summed E-state index contributed by atoms with van der Waals surface area (Å²) in [6, 6.07) is 2.58. The van der Waals surface area contributed by atoms with E-state index in [-0.39, 0.29) is 22.2 Å². The van der Waals surface area contributed by atoms with Crippen LogP contribution in [0.1, 0.15) is 9.67 Å². The Hall–Kier alpha value is -0.770. The first-order chi connectivity index (χ1) is 8.41. The number of sulfonamides is 1. The van der Waals surface area contributed by atoms with Crippen molar-refractivity contribution >= 4 is 38.1 Å². The van der Waals surface area contributed by atoms with Gasteiger partial charge < -0.3 is 5.11 Å². The van der Waals surface area contributed by atoms with Crippen molar-refractivity contribution in [3.8, 4) is 0 Å². The smallest absolute Gasteiger partial charge is 0.345 e. The van der Waals surface area contributed by atoms with Gasteiger partial charge in [-0.2, -0.15) is 4.31 Å². The Morgan fingerprint density at radius 2 is 1.94 bits per heavy atom. The highest BCUT2D eigenvalue weighted by atomic mass is 32.2. The monoisotopic (exact) mass is 309 g/mol. The zero-order chi connectivity index (χ0) is 13.3. The lowest BCUT2D eigenvalue weighted by Gasteiger charge is -2.24. The molecule has 1 fully saturated rings. The van der Waals surface area contributed by atoms with Crippen LogP contribution in [0.5, 0.6) is 0 Å². The molecule has 1 aliphatic heterocycles. The highest BCUT2D eigenvalue weighted by molar-refractivity contribution is 7.91. The second-order valence-electron chi connectivity index (χ2n) is 3.68. The molecule has 9 heteroatoms. The Bertz CT molecular complexity index is 581. The van der Waals surface area contributed by atoms with E-state index in [1.54, 1.807) is 0 Å². The number of rotatable bonds is 3. The van der Waals surface area contributed by atoms with Gasteiger partial charge in [0, 0.05) is 35.4 Å². The maximum absolute atomic E-state index is 12.2. The quantitative estimate of drug-likeness (QED) is 0.861. The molecule has 0 saturated carbocycles. The molecular formula is C9H11NO5S3. The van der Waals surface area contributed by atoms with E-state index in [2.05, 4.69) is 0 Å². The Morgan fingerprint density at radius 3 is 2.44 bits per heavy atom. The van der Waals surface area contributed by atoms with Crippen molar-refractivity contribution in [2.75, 3.05) is 24.6 Å². The maximum Gasteiger partial charge on any atom is 0.345 e. The molecule has 0 amide bonds. The van der Waals surface area contributed by atoms with Crippen molar-refractivity contribution in [3.05, 3.63) is 17.0 Å². The van der Waals surface area contributed by atoms with Gasteiger partial charge in [0.05, 0.1) is 0 Å². The second kappa shape index (κ2) is 5.08. The van der Waals surface area contributed by atoms with Gasteiger partial charge in [0.2, 0.25) is 0 Å². The molecule has 0 radical (unpaired) electrons. The van der Waals surface area contributed by atoms with Crippen LogP contribution < -0.4 is 0 Å². The van der Waals surface area contributed by atoms with Gasteiger partial charge in [-0.3, -0.25) is 4.21 Å². The molecule has 100 valence electrons. The summed E-state index contributed by atoms with van der Waals surface area (Å²) in [5.41, 5.74) is 0. The van der Waals surface area contributed by atoms with Gasteiger partial charge in [-0.1, -0.05) is 0 Å². The van der Waals surface area contributed by atoms with E-state index in [0.717, 1.165) is 11.3 Å². The predicted molar refractivity (Wildman–Crippen MR) is 67.9 cm³/mol. The summed E-state index contributed by atoms with van der Waals surface area (Å²) in [6.07, 6.45) is 0. The van der Waals surface area contributed by atoms with Gasteiger partial charge in [-0.25, -0.2) is 13.2 Å². The summed E-state index contributed by atoms with van der Waals surface area (Å²) in [5, 5.41) is 8.77. The first-order valence-electron chi connectivity index (χ1n) is 5.09. The lowest BCUT2D eigenvalue weighted by molar-refractivity contribution is 0.0702. The van der Waals surface area contributed by atoms with Crippen molar-refractivity contribution in [1.29, 1.82) is 0 Å². The SMILES string of the molecule is O=C(O)c1ccc(S(=O)(=O)N2CCS(=O)CC2)s1. The van der Waals surface area contributed by atoms with E-state index in [0.29, 0.717) is 11.5 Å². The van der Waals surface area contributed by atoms with Crippen LogP contribution in [0.2, 0.25) is 0 Å². The number of carbonyl (C=O) groups is 1. The van der Waals surface area contributed by atoms with Gasteiger partial charge in [-0.05, 0) is 12.1 Å². The summed E-state index contributed by atoms with van der Waals surface area (Å²) >= 11 is 0.737. The number of carboxylic acids is 1. The van der Waals surface area contributed by atoms with Gasteiger partial charge in [0.25, 0.3) is 10.0 Å². The van der Waals surface area contributed by atoms with Crippen molar-refractivity contribution in [2.24, 2.45) is 0 Å². The fraction of sp³-hybridized carbons (Fsp3) is 0.444. The van der Waals surface area contributed by atoms with E-state index in [9.17, 15) is 17.4 Å². The number of nitrogens with zero attached hydrogens (tertiary/aromatic N) is 1. The van der Waals surface area contributed by atoms with E-state index in [1.807, 2.05) is 0 Å². The van der Waals surface area contributed by atoms with E-state index < -0.39 is 26.8 Å². The summed E-state index contributed by atoms with van der Waals surface area (Å²) < 4.78 is 36.8. The summed E-state index contributed by atoms with van der Waals surface area (Å²) in [6.45, 7) is 0.435. The summed E-state index contributed by atoms with van der Waals surface area (Å²) in [7, 11) is -4.60. The Morgan fingerprint density at radius 1 is 1.33 bits per heavy atom. The van der Waals surface area contributed by atoms with Crippen LogP contribution in [0.3, 0.4) is 0 Å². The van der Waals surface area contributed by atoms with E-state index >= 15 is 0 Å². The van der Waals surface area contributed by atoms with Gasteiger partial charge in [0.1, 0.15) is 9.09 Å². The number of hydrogen-bond donors (Lipinski definition) is 1. The van der Waals surface area contributed by atoms with E-state index in [1.165, 1.54) is 16.4 Å². The highest BCUT2D eigenvalue weighted by Crippen LogP contribution is 2.25. The predicted octanol–water partition coefficient (Wildman–Crippen LogP) is 0.199. The topological polar surface area (TPSA) is 91.8 Å². The van der Waals surface area contributed by atoms with Gasteiger partial charge >= 0.3 is 5.97 Å². The lowest BCUT2D eigenvalue weighted by Crippen LogP contribution is -2.41. The molecule has 2 rings (SSSR count). The van der Waals surface area contributed by atoms with Crippen LogP contribution in [0, 0.1) is 0 Å². The number of carboxylic acid groups (broad SMARTS) is 1. The standard InChI is InChI=1S/C9H11NO5S3/c11-9(12)7-1-2-8(16-7)18(14,15)10-3-5-17(13)6-4-10/h1-2H,3-6H2,(H,11,12). The maximum atomic E-state index is 12.2. The molecule has 0 atom stereocenters. The van der Waals surface area contributed by atoms with Crippen LogP contribution in [-0.2, 0) is 20.8 Å². The fourth-order valence-electron chi connectivity index (χ4n) is 1.56. The average Bonchev–Trinajstić information content (AvgIpc) is 2.79. The zero-order valence-corrected chi connectivity index (χ0v) is 11.7. The third kappa shape index (κ3) is 2.63. The first kappa shape index (κ1) is 13.7. The van der Waals surface area contributed by atoms with Crippen molar-refractivity contribution in [2.45, 2.75) is 4.21 Å². The zero-order valence-electron chi connectivity index (χ0n) is 9.24. The Labute approximate surface area is 111 Å². The van der Waals surface area contributed by atoms with Crippen LogP contribution in [-0.4, -0.2) is 52.6 Å². The molecule has 0 bridgehead atoms. The number of thiophene rings is 1.